The molecule has 0 fully saturated rings. The molecule has 0 unspecified atom stereocenters. The maximum Gasteiger partial charge on any atom is 0.171 e. The summed E-state index contributed by atoms with van der Waals surface area (Å²) in [4.78, 5) is 5.11. The Kier molecular flexibility index (Phi) is 7.16. The smallest absolute Gasteiger partial charge is 0.171 e. The summed E-state index contributed by atoms with van der Waals surface area (Å²) in [6, 6.07) is 63.6. The van der Waals surface area contributed by atoms with Crippen molar-refractivity contribution in [1.82, 2.24) is 4.98 Å². The first kappa shape index (κ1) is 31.6. The number of nitrogens with zero attached hydrogens (tertiary/aromatic N) is 1. The van der Waals surface area contributed by atoms with Crippen LogP contribution in [0.4, 0.5) is 0 Å². The van der Waals surface area contributed by atoms with Gasteiger partial charge in [0.1, 0.15) is 0 Å². The molecule has 0 bridgehead atoms. The van der Waals surface area contributed by atoms with Crippen molar-refractivity contribution in [3.8, 4) is 33.4 Å². The fourth-order valence-corrected chi connectivity index (χ4v) is 11.2. The highest BCUT2D eigenvalue weighted by Crippen LogP contribution is 2.51. The van der Waals surface area contributed by atoms with E-state index < -0.39 is 7.14 Å². The molecule has 53 heavy (non-hydrogen) atoms. The van der Waals surface area contributed by atoms with E-state index in [0.29, 0.717) is 0 Å². The number of aromatic nitrogens is 1. The van der Waals surface area contributed by atoms with E-state index in [1.54, 1.807) is 0 Å². The average molecular weight is 698 g/mol. The van der Waals surface area contributed by atoms with E-state index in [4.69, 9.17) is 4.98 Å². The van der Waals surface area contributed by atoms with Crippen molar-refractivity contribution in [3.63, 3.8) is 0 Å². The fraction of sp³-hybridized carbons (Fsp3) is 0.0600. The molecule has 1 aromatic heterocycles. The van der Waals surface area contributed by atoms with Crippen LogP contribution in [0.5, 0.6) is 0 Å². The van der Waals surface area contributed by atoms with Gasteiger partial charge in [0, 0.05) is 37.5 Å². The van der Waals surface area contributed by atoms with Crippen molar-refractivity contribution in [3.05, 3.63) is 193 Å². The van der Waals surface area contributed by atoms with Crippen LogP contribution in [0, 0.1) is 0 Å². The normalized spacial score (nSPS) is 13.3. The molecule has 9 aromatic rings. The highest BCUT2D eigenvalue weighted by atomic mass is 31.2. The van der Waals surface area contributed by atoms with E-state index in [2.05, 4.69) is 135 Å². The molecule has 1 aliphatic carbocycles. The fourth-order valence-electron chi connectivity index (χ4n) is 8.53. The van der Waals surface area contributed by atoms with Gasteiger partial charge in [0.15, 0.2) is 7.14 Å². The van der Waals surface area contributed by atoms with E-state index in [9.17, 15) is 4.57 Å². The molecule has 0 atom stereocenters. The van der Waals surface area contributed by atoms with E-state index >= 15 is 0 Å². The van der Waals surface area contributed by atoms with E-state index in [0.717, 1.165) is 48.8 Å². The van der Waals surface area contributed by atoms with Crippen molar-refractivity contribution in [1.29, 1.82) is 0 Å². The van der Waals surface area contributed by atoms with Crippen molar-refractivity contribution in [2.75, 3.05) is 0 Å². The van der Waals surface area contributed by atoms with Gasteiger partial charge in [-0.15, -0.1) is 0 Å². The zero-order valence-corrected chi connectivity index (χ0v) is 30.5. The lowest BCUT2D eigenvalue weighted by molar-refractivity contribution is 0.592. The van der Waals surface area contributed by atoms with Gasteiger partial charge in [-0.3, -0.25) is 0 Å². The second kappa shape index (κ2) is 12.0. The summed E-state index contributed by atoms with van der Waals surface area (Å²) < 4.78 is 14.9. The highest BCUT2D eigenvalue weighted by Gasteiger charge is 2.36. The maximum atomic E-state index is 14.9. The number of rotatable bonds is 5. The molecule has 0 saturated carbocycles. The molecule has 2 nitrogen and oxygen atoms in total. The molecule has 0 amide bonds. The summed E-state index contributed by atoms with van der Waals surface area (Å²) in [5.74, 6) is 0. The second-order valence-electron chi connectivity index (χ2n) is 14.7. The first-order valence-corrected chi connectivity index (χ1v) is 19.9. The SMILES string of the molecule is CC1(C)c2cc(-c3ccc(P(=O)(c4ccccc4)c4ccccc4)cc3)ccc2-c2ccc(-c3cc4cc5ccccc5nc4c4ccccc34)cc21. The predicted octanol–water partition coefficient (Wildman–Crippen LogP) is 11.8. The van der Waals surface area contributed by atoms with Crippen LogP contribution < -0.4 is 15.9 Å². The molecular formula is C50H36NOP. The number of benzene rings is 8. The standard InChI is InChI=1S/C50H36NOP/c1-50(2)46-31-34(33-21-25-40(26-22-33)53(52,38-14-5-3-6-15-38)39-16-7-4-8-17-39)23-27-42(46)43-28-24-35(32-47(43)50)45-30-37-29-36-13-9-12-20-48(36)51-49(37)44-19-11-10-18-41(44)45/h3-32H,1-2H3. The Bertz CT molecular complexity index is 2890. The number of hydrogen-bond acceptors (Lipinski definition) is 2. The first-order valence-electron chi connectivity index (χ1n) is 18.2. The molecule has 8 aromatic carbocycles. The summed E-state index contributed by atoms with van der Waals surface area (Å²) in [5, 5.41) is 7.22. The largest absolute Gasteiger partial charge is 0.309 e. The molecule has 1 heterocycles. The maximum absolute atomic E-state index is 14.9. The summed E-state index contributed by atoms with van der Waals surface area (Å²) >= 11 is 0. The predicted molar refractivity (Wildman–Crippen MR) is 225 cm³/mol. The van der Waals surface area contributed by atoms with Crippen molar-refractivity contribution in [2.24, 2.45) is 0 Å². The summed E-state index contributed by atoms with van der Waals surface area (Å²) in [5.41, 5.74) is 11.8. The van der Waals surface area contributed by atoms with E-state index in [1.165, 1.54) is 44.2 Å². The van der Waals surface area contributed by atoms with Gasteiger partial charge in [-0.1, -0.05) is 166 Å². The van der Waals surface area contributed by atoms with Crippen LogP contribution in [0.15, 0.2) is 182 Å². The number of hydrogen-bond donors (Lipinski definition) is 0. The molecule has 0 radical (unpaired) electrons. The second-order valence-corrected chi connectivity index (χ2v) is 17.5. The van der Waals surface area contributed by atoms with Gasteiger partial charge in [0.25, 0.3) is 0 Å². The molecule has 252 valence electrons. The zero-order valence-electron chi connectivity index (χ0n) is 29.6. The van der Waals surface area contributed by atoms with Crippen molar-refractivity contribution < 1.29 is 4.57 Å². The minimum absolute atomic E-state index is 0.197. The molecule has 1 aliphatic rings. The van der Waals surface area contributed by atoms with Gasteiger partial charge in [-0.2, -0.15) is 0 Å². The van der Waals surface area contributed by atoms with Crippen LogP contribution in [-0.4, -0.2) is 4.98 Å². The monoisotopic (exact) mass is 697 g/mol. The summed E-state index contributed by atoms with van der Waals surface area (Å²) in [6.45, 7) is 4.69. The third-order valence-corrected chi connectivity index (χ3v) is 14.4. The van der Waals surface area contributed by atoms with Gasteiger partial charge in [0.05, 0.1) is 11.0 Å². The van der Waals surface area contributed by atoms with Crippen LogP contribution in [0.2, 0.25) is 0 Å². The van der Waals surface area contributed by atoms with Gasteiger partial charge in [-0.05, 0) is 80.2 Å². The Labute approximate surface area is 309 Å². The summed E-state index contributed by atoms with van der Waals surface area (Å²) in [6.07, 6.45) is 0. The van der Waals surface area contributed by atoms with Crippen LogP contribution in [0.25, 0.3) is 66.0 Å². The lowest BCUT2D eigenvalue weighted by Crippen LogP contribution is -2.24. The Morgan fingerprint density at radius 3 is 1.64 bits per heavy atom. The van der Waals surface area contributed by atoms with Gasteiger partial charge < -0.3 is 4.57 Å². The number of para-hydroxylation sites is 1. The number of pyridine rings is 1. The molecular weight excluding hydrogens is 662 g/mol. The van der Waals surface area contributed by atoms with Crippen molar-refractivity contribution in [2.45, 2.75) is 19.3 Å². The van der Waals surface area contributed by atoms with Gasteiger partial charge in [-0.25, -0.2) is 4.98 Å². The Morgan fingerprint density at radius 1 is 0.434 bits per heavy atom. The lowest BCUT2D eigenvalue weighted by Gasteiger charge is -2.23. The molecule has 3 heteroatoms. The van der Waals surface area contributed by atoms with Crippen LogP contribution in [0.1, 0.15) is 25.0 Å². The quantitative estimate of drug-likeness (QED) is 0.102. The molecule has 0 N–H and O–H groups in total. The minimum Gasteiger partial charge on any atom is -0.309 e. The Balaban J connectivity index is 1.04. The van der Waals surface area contributed by atoms with Crippen LogP contribution >= 0.6 is 7.14 Å². The van der Waals surface area contributed by atoms with Crippen molar-refractivity contribution >= 4 is 55.6 Å². The third kappa shape index (κ3) is 4.94. The summed E-state index contributed by atoms with van der Waals surface area (Å²) in [7, 11) is -3.04. The highest BCUT2D eigenvalue weighted by molar-refractivity contribution is 7.85. The van der Waals surface area contributed by atoms with Crippen LogP contribution in [0.3, 0.4) is 0 Å². The number of fused-ring (bicyclic) bond motifs is 7. The molecule has 0 saturated heterocycles. The molecule has 0 spiro atoms. The van der Waals surface area contributed by atoms with Gasteiger partial charge in [0.2, 0.25) is 0 Å². The van der Waals surface area contributed by atoms with E-state index in [-0.39, 0.29) is 5.41 Å². The topological polar surface area (TPSA) is 30.0 Å². The Morgan fingerprint density at radius 2 is 0.962 bits per heavy atom. The zero-order chi connectivity index (χ0) is 35.7. The lowest BCUT2D eigenvalue weighted by atomic mass is 9.80. The first-order chi connectivity index (χ1) is 25.9. The Hall–Kier alpha value is -6.08. The minimum atomic E-state index is -3.04. The van der Waals surface area contributed by atoms with Crippen LogP contribution in [-0.2, 0) is 9.98 Å². The third-order valence-electron chi connectivity index (χ3n) is 11.3. The van der Waals surface area contributed by atoms with E-state index in [1.807, 2.05) is 60.7 Å². The molecule has 0 aliphatic heterocycles. The molecule has 10 rings (SSSR count). The average Bonchev–Trinajstić information content (AvgIpc) is 3.45. The van der Waals surface area contributed by atoms with Gasteiger partial charge >= 0.3 is 0 Å².